The molecule has 0 aromatic heterocycles. The summed E-state index contributed by atoms with van der Waals surface area (Å²) in [6, 6.07) is 27.7. The molecule has 0 aliphatic carbocycles. The summed E-state index contributed by atoms with van der Waals surface area (Å²) in [7, 11) is 0. The molecule has 0 aliphatic rings. The topological polar surface area (TPSA) is 77.0 Å². The molecule has 0 saturated carbocycles. The molecule has 6 nitrogen and oxygen atoms in total. The van der Waals surface area contributed by atoms with Gasteiger partial charge in [-0.25, -0.2) is 10.2 Å². The number of carbonyl (C=O) groups excluding carboxylic acids is 2. The third kappa shape index (κ3) is 6.12. The Morgan fingerprint density at radius 1 is 0.886 bits per heavy atom. The molecule has 4 rings (SSSR count). The summed E-state index contributed by atoms with van der Waals surface area (Å²) in [5, 5.41) is 5.88. The third-order valence-electron chi connectivity index (χ3n) is 5.44. The van der Waals surface area contributed by atoms with Gasteiger partial charge in [0.05, 0.1) is 11.8 Å². The first-order valence-electron chi connectivity index (χ1n) is 11.3. The van der Waals surface area contributed by atoms with Crippen molar-refractivity contribution in [1.82, 2.24) is 5.43 Å². The van der Waals surface area contributed by atoms with E-state index in [1.807, 2.05) is 60.7 Å². The highest BCUT2D eigenvalue weighted by molar-refractivity contribution is 6.04. The number of rotatable bonds is 8. The Hall–Kier alpha value is -4.45. The lowest BCUT2D eigenvalue weighted by Crippen LogP contribution is -2.24. The maximum atomic E-state index is 12.6. The number of esters is 1. The van der Waals surface area contributed by atoms with E-state index in [4.69, 9.17) is 9.47 Å². The average molecular weight is 467 g/mol. The number of hydrogen-bond donors (Lipinski definition) is 1. The van der Waals surface area contributed by atoms with Crippen molar-refractivity contribution in [2.45, 2.75) is 19.8 Å². The Morgan fingerprint density at radius 3 is 2.34 bits per heavy atom. The fourth-order valence-electron chi connectivity index (χ4n) is 3.53. The second kappa shape index (κ2) is 11.1. The Bertz CT molecular complexity index is 1350. The molecule has 0 fully saturated rings. The van der Waals surface area contributed by atoms with Crippen LogP contribution in [0.3, 0.4) is 0 Å². The van der Waals surface area contributed by atoms with Crippen LogP contribution < -0.4 is 14.9 Å². The van der Waals surface area contributed by atoms with Gasteiger partial charge in [0.15, 0.2) is 6.61 Å². The minimum absolute atomic E-state index is 0.177. The monoisotopic (exact) mass is 466 g/mol. The number of benzene rings is 4. The zero-order valence-corrected chi connectivity index (χ0v) is 19.6. The quantitative estimate of drug-likeness (QED) is 0.156. The van der Waals surface area contributed by atoms with Crippen molar-refractivity contribution >= 4 is 28.9 Å². The molecule has 0 heterocycles. The van der Waals surface area contributed by atoms with Crippen molar-refractivity contribution in [3.8, 4) is 11.5 Å². The van der Waals surface area contributed by atoms with Gasteiger partial charge in [-0.1, -0.05) is 74.5 Å². The number of fused-ring (bicyclic) bond motifs is 1. The van der Waals surface area contributed by atoms with Gasteiger partial charge in [-0.05, 0) is 52.6 Å². The van der Waals surface area contributed by atoms with Crippen LogP contribution in [0.4, 0.5) is 0 Å². The molecule has 0 radical (unpaired) electrons. The molecule has 0 aliphatic heterocycles. The average Bonchev–Trinajstić information content (AvgIpc) is 2.89. The summed E-state index contributed by atoms with van der Waals surface area (Å²) >= 11 is 0. The van der Waals surface area contributed by atoms with E-state index in [1.54, 1.807) is 30.3 Å². The highest BCUT2D eigenvalue weighted by atomic mass is 16.5. The number of ether oxygens (including phenoxy) is 2. The first kappa shape index (κ1) is 23.7. The van der Waals surface area contributed by atoms with Gasteiger partial charge in [-0.2, -0.15) is 5.10 Å². The highest BCUT2D eigenvalue weighted by Gasteiger charge is 2.13. The van der Waals surface area contributed by atoms with Crippen LogP contribution in [-0.2, 0) is 4.79 Å². The van der Waals surface area contributed by atoms with Crippen LogP contribution in [0.1, 0.15) is 41.3 Å². The zero-order valence-electron chi connectivity index (χ0n) is 19.6. The lowest BCUT2D eigenvalue weighted by atomic mass is 10.0. The van der Waals surface area contributed by atoms with Crippen LogP contribution >= 0.6 is 0 Å². The molecule has 1 N–H and O–H groups in total. The second-order valence-corrected chi connectivity index (χ2v) is 8.26. The van der Waals surface area contributed by atoms with Crippen LogP contribution in [0.2, 0.25) is 0 Å². The van der Waals surface area contributed by atoms with Crippen molar-refractivity contribution in [2.75, 3.05) is 6.61 Å². The van der Waals surface area contributed by atoms with E-state index in [2.05, 4.69) is 24.4 Å². The maximum Gasteiger partial charge on any atom is 0.343 e. The Morgan fingerprint density at radius 2 is 1.60 bits per heavy atom. The second-order valence-electron chi connectivity index (χ2n) is 8.26. The molecule has 0 spiro atoms. The Labute approximate surface area is 204 Å². The van der Waals surface area contributed by atoms with Gasteiger partial charge < -0.3 is 9.47 Å². The molecule has 6 heteroatoms. The predicted molar refractivity (Wildman–Crippen MR) is 137 cm³/mol. The predicted octanol–water partition coefficient (Wildman–Crippen LogP) is 5.71. The lowest BCUT2D eigenvalue weighted by molar-refractivity contribution is -0.123. The van der Waals surface area contributed by atoms with E-state index in [0.717, 1.165) is 10.8 Å². The van der Waals surface area contributed by atoms with Gasteiger partial charge >= 0.3 is 5.97 Å². The fourth-order valence-corrected chi connectivity index (χ4v) is 3.53. The first-order chi connectivity index (χ1) is 17.0. The fraction of sp³-hybridized carbons (Fsp3) is 0.138. The number of nitrogens with one attached hydrogen (secondary N) is 1. The van der Waals surface area contributed by atoms with Gasteiger partial charge in [0, 0.05) is 5.56 Å². The van der Waals surface area contributed by atoms with Crippen molar-refractivity contribution < 1.29 is 19.1 Å². The van der Waals surface area contributed by atoms with E-state index >= 15 is 0 Å². The van der Waals surface area contributed by atoms with E-state index in [-0.39, 0.29) is 6.61 Å². The molecule has 4 aromatic rings. The molecular weight excluding hydrogens is 440 g/mol. The van der Waals surface area contributed by atoms with Gasteiger partial charge in [0.1, 0.15) is 11.5 Å². The Balaban J connectivity index is 1.46. The van der Waals surface area contributed by atoms with E-state index in [0.29, 0.717) is 28.5 Å². The maximum absolute atomic E-state index is 12.6. The minimum Gasteiger partial charge on any atom is -0.484 e. The summed E-state index contributed by atoms with van der Waals surface area (Å²) in [6.45, 7) is 4.06. The summed E-state index contributed by atoms with van der Waals surface area (Å²) in [5.74, 6) is 0.496. The molecule has 176 valence electrons. The van der Waals surface area contributed by atoms with Crippen molar-refractivity contribution in [2.24, 2.45) is 5.10 Å². The van der Waals surface area contributed by atoms with Crippen LogP contribution in [0, 0.1) is 0 Å². The largest absolute Gasteiger partial charge is 0.484 e. The summed E-state index contributed by atoms with van der Waals surface area (Å²) in [6.07, 6.45) is 1.48. The molecule has 4 aromatic carbocycles. The number of carbonyl (C=O) groups is 2. The normalized spacial score (nSPS) is 11.1. The minimum atomic E-state index is -0.476. The summed E-state index contributed by atoms with van der Waals surface area (Å²) in [5.41, 5.74) is 4.69. The SMILES string of the molecule is CC(C)c1ccc(OCC(=O)N/N=C\c2c(OC(=O)c3ccccc3)ccc3ccccc23)cc1. The molecular formula is C29H26N2O4. The number of nitrogens with zero attached hydrogens (tertiary/aromatic N) is 1. The first-order valence-corrected chi connectivity index (χ1v) is 11.3. The Kier molecular flexibility index (Phi) is 7.53. The zero-order chi connectivity index (χ0) is 24.6. The van der Waals surface area contributed by atoms with Crippen LogP contribution in [0.15, 0.2) is 96.1 Å². The van der Waals surface area contributed by atoms with Crippen LogP contribution in [0.25, 0.3) is 10.8 Å². The van der Waals surface area contributed by atoms with Crippen molar-refractivity contribution in [3.63, 3.8) is 0 Å². The molecule has 0 unspecified atom stereocenters. The van der Waals surface area contributed by atoms with Gasteiger partial charge in [-0.3, -0.25) is 4.79 Å². The van der Waals surface area contributed by atoms with E-state index in [9.17, 15) is 9.59 Å². The number of amides is 1. The molecule has 1 amide bonds. The summed E-state index contributed by atoms with van der Waals surface area (Å²) in [4.78, 5) is 24.9. The van der Waals surface area contributed by atoms with Crippen LogP contribution in [0.5, 0.6) is 11.5 Å². The number of hydrogen-bond acceptors (Lipinski definition) is 5. The van der Waals surface area contributed by atoms with Crippen LogP contribution in [-0.4, -0.2) is 24.7 Å². The standard InChI is InChI=1S/C29H26N2O4/c1-20(2)21-12-15-24(16-13-21)34-19-28(32)31-30-18-26-25-11-7-6-8-22(25)14-17-27(26)35-29(33)23-9-4-3-5-10-23/h3-18,20H,19H2,1-2H3,(H,31,32)/b30-18-. The summed E-state index contributed by atoms with van der Waals surface area (Å²) < 4.78 is 11.2. The molecule has 35 heavy (non-hydrogen) atoms. The van der Waals surface area contributed by atoms with Gasteiger partial charge in [0.2, 0.25) is 0 Å². The number of hydrazone groups is 1. The van der Waals surface area contributed by atoms with Gasteiger partial charge in [-0.15, -0.1) is 0 Å². The van der Waals surface area contributed by atoms with E-state index in [1.165, 1.54) is 11.8 Å². The third-order valence-corrected chi connectivity index (χ3v) is 5.44. The van der Waals surface area contributed by atoms with Gasteiger partial charge in [0.25, 0.3) is 5.91 Å². The molecule has 0 bridgehead atoms. The van der Waals surface area contributed by atoms with Crippen molar-refractivity contribution in [3.05, 3.63) is 108 Å². The van der Waals surface area contributed by atoms with Crippen molar-refractivity contribution in [1.29, 1.82) is 0 Å². The highest BCUT2D eigenvalue weighted by Crippen LogP contribution is 2.27. The lowest BCUT2D eigenvalue weighted by Gasteiger charge is -2.11. The molecule has 0 saturated heterocycles. The smallest absolute Gasteiger partial charge is 0.343 e. The van der Waals surface area contributed by atoms with E-state index < -0.39 is 11.9 Å². The molecule has 0 atom stereocenters.